The van der Waals surface area contributed by atoms with Crippen molar-refractivity contribution in [3.8, 4) is 5.75 Å². The van der Waals surface area contributed by atoms with Gasteiger partial charge in [-0.25, -0.2) is 9.97 Å². The maximum atomic E-state index is 13.0. The Labute approximate surface area is 172 Å². The summed E-state index contributed by atoms with van der Waals surface area (Å²) in [7, 11) is 5.66. The number of fused-ring (bicyclic) bond motifs is 1. The Balaban J connectivity index is 1.58. The van der Waals surface area contributed by atoms with Crippen molar-refractivity contribution in [3.05, 3.63) is 46.9 Å². The molecule has 7 nitrogen and oxygen atoms in total. The number of benzene rings is 1. The smallest absolute Gasteiger partial charge is 0.254 e. The van der Waals surface area contributed by atoms with Crippen molar-refractivity contribution in [1.82, 2.24) is 19.8 Å². The fraction of sp³-hybridized carbons (Fsp3) is 0.500. The monoisotopic (exact) mass is 395 g/mol. The van der Waals surface area contributed by atoms with E-state index in [1.807, 2.05) is 30.1 Å². The van der Waals surface area contributed by atoms with E-state index in [1.54, 1.807) is 13.2 Å². The Morgan fingerprint density at radius 1 is 1.28 bits per heavy atom. The van der Waals surface area contributed by atoms with Crippen LogP contribution in [0.2, 0.25) is 0 Å². The van der Waals surface area contributed by atoms with E-state index in [2.05, 4.69) is 17.3 Å². The summed E-state index contributed by atoms with van der Waals surface area (Å²) in [5.74, 6) is 2.86. The molecule has 0 spiro atoms. The molecule has 7 heteroatoms. The Morgan fingerprint density at radius 3 is 2.90 bits per heavy atom. The van der Waals surface area contributed by atoms with Gasteiger partial charge in [0.25, 0.3) is 5.91 Å². The number of ether oxygens (including phenoxy) is 1. The molecule has 1 saturated heterocycles. The number of hydrogen-bond donors (Lipinski definition) is 1. The van der Waals surface area contributed by atoms with Crippen LogP contribution in [0.3, 0.4) is 0 Å². The second kappa shape index (κ2) is 8.37. The maximum Gasteiger partial charge on any atom is 0.254 e. The molecular weight excluding hydrogens is 366 g/mol. The summed E-state index contributed by atoms with van der Waals surface area (Å²) >= 11 is 0. The summed E-state index contributed by atoms with van der Waals surface area (Å²) in [5.41, 5.74) is 2.74. The van der Waals surface area contributed by atoms with Gasteiger partial charge in [0.2, 0.25) is 0 Å². The molecule has 1 aromatic carbocycles. The van der Waals surface area contributed by atoms with Gasteiger partial charge in [-0.1, -0.05) is 6.07 Å². The SMILES string of the molecule is CNc1nc(C2CCCN(C)C2)nc2c1CN(C(=O)c1cccc(OC)c1)CC2. The highest BCUT2D eigenvalue weighted by Gasteiger charge is 2.28. The quantitative estimate of drug-likeness (QED) is 0.858. The Hall–Kier alpha value is -2.67. The predicted octanol–water partition coefficient (Wildman–Crippen LogP) is 2.53. The summed E-state index contributed by atoms with van der Waals surface area (Å²) in [6.45, 7) is 3.32. The molecule has 154 valence electrons. The average molecular weight is 396 g/mol. The second-order valence-electron chi connectivity index (χ2n) is 7.92. The van der Waals surface area contributed by atoms with Crippen LogP contribution >= 0.6 is 0 Å². The zero-order valence-electron chi connectivity index (χ0n) is 17.4. The number of piperidine rings is 1. The zero-order valence-corrected chi connectivity index (χ0v) is 17.4. The molecule has 1 amide bonds. The van der Waals surface area contributed by atoms with Gasteiger partial charge < -0.3 is 19.9 Å². The molecule has 1 atom stereocenters. The molecule has 0 radical (unpaired) electrons. The lowest BCUT2D eigenvalue weighted by Crippen LogP contribution is -2.37. The van der Waals surface area contributed by atoms with E-state index in [0.717, 1.165) is 48.8 Å². The van der Waals surface area contributed by atoms with Gasteiger partial charge >= 0.3 is 0 Å². The zero-order chi connectivity index (χ0) is 20.4. The van der Waals surface area contributed by atoms with Gasteiger partial charge in [-0.15, -0.1) is 0 Å². The van der Waals surface area contributed by atoms with Crippen LogP contribution in [-0.2, 0) is 13.0 Å². The number of amides is 1. The van der Waals surface area contributed by atoms with Crippen molar-refractivity contribution in [2.24, 2.45) is 0 Å². The molecule has 1 fully saturated rings. The van der Waals surface area contributed by atoms with Crippen LogP contribution in [0.4, 0.5) is 5.82 Å². The lowest BCUT2D eigenvalue weighted by molar-refractivity contribution is 0.0733. The number of methoxy groups -OCH3 is 1. The normalized spacial score (nSPS) is 19.6. The van der Waals surface area contributed by atoms with Crippen molar-refractivity contribution in [1.29, 1.82) is 0 Å². The molecule has 1 aromatic heterocycles. The Bertz CT molecular complexity index is 884. The molecule has 2 aliphatic heterocycles. The van der Waals surface area contributed by atoms with Gasteiger partial charge in [0, 0.05) is 43.6 Å². The van der Waals surface area contributed by atoms with Crippen LogP contribution in [0, 0.1) is 0 Å². The highest BCUT2D eigenvalue weighted by atomic mass is 16.5. The number of likely N-dealkylation sites (N-methyl/N-ethyl adjacent to an activating group) is 1. The van der Waals surface area contributed by atoms with Gasteiger partial charge in [-0.3, -0.25) is 4.79 Å². The third-order valence-electron chi connectivity index (χ3n) is 5.91. The number of hydrogen-bond acceptors (Lipinski definition) is 6. The highest BCUT2D eigenvalue weighted by molar-refractivity contribution is 5.94. The van der Waals surface area contributed by atoms with Crippen molar-refractivity contribution in [2.45, 2.75) is 31.7 Å². The predicted molar refractivity (Wildman–Crippen MR) is 112 cm³/mol. The first-order chi connectivity index (χ1) is 14.1. The largest absolute Gasteiger partial charge is 0.497 e. The molecule has 2 aliphatic rings. The molecule has 1 N–H and O–H groups in total. The average Bonchev–Trinajstić information content (AvgIpc) is 2.77. The third kappa shape index (κ3) is 4.05. The molecule has 4 rings (SSSR count). The first kappa shape index (κ1) is 19.6. The number of nitrogens with zero attached hydrogens (tertiary/aromatic N) is 4. The minimum Gasteiger partial charge on any atom is -0.497 e. The number of rotatable bonds is 4. The van der Waals surface area contributed by atoms with Crippen LogP contribution in [0.25, 0.3) is 0 Å². The van der Waals surface area contributed by atoms with Gasteiger partial charge in [-0.05, 0) is 44.6 Å². The van der Waals surface area contributed by atoms with Gasteiger partial charge in [0.15, 0.2) is 0 Å². The van der Waals surface area contributed by atoms with Gasteiger partial charge in [0.1, 0.15) is 17.4 Å². The molecule has 2 aromatic rings. The fourth-order valence-corrected chi connectivity index (χ4v) is 4.31. The van der Waals surface area contributed by atoms with E-state index in [1.165, 1.54) is 6.42 Å². The number of carbonyl (C=O) groups excluding carboxylic acids is 1. The Morgan fingerprint density at radius 2 is 2.14 bits per heavy atom. The maximum absolute atomic E-state index is 13.0. The van der Waals surface area contributed by atoms with Crippen molar-refractivity contribution < 1.29 is 9.53 Å². The van der Waals surface area contributed by atoms with Gasteiger partial charge in [0.05, 0.1) is 19.3 Å². The van der Waals surface area contributed by atoms with E-state index < -0.39 is 0 Å². The first-order valence-electron chi connectivity index (χ1n) is 10.3. The lowest BCUT2D eigenvalue weighted by atomic mass is 9.96. The number of aromatic nitrogens is 2. The number of nitrogens with one attached hydrogen (secondary N) is 1. The molecular formula is C22H29N5O2. The summed E-state index contributed by atoms with van der Waals surface area (Å²) in [6, 6.07) is 7.31. The van der Waals surface area contributed by atoms with Crippen LogP contribution in [0.1, 0.15) is 46.2 Å². The third-order valence-corrected chi connectivity index (χ3v) is 5.91. The summed E-state index contributed by atoms with van der Waals surface area (Å²) in [5, 5.41) is 3.24. The van der Waals surface area contributed by atoms with E-state index in [-0.39, 0.29) is 5.91 Å². The molecule has 3 heterocycles. The van der Waals surface area contributed by atoms with Crippen molar-refractivity contribution in [2.75, 3.05) is 46.2 Å². The van der Waals surface area contributed by atoms with E-state index in [0.29, 0.717) is 30.3 Å². The van der Waals surface area contributed by atoms with Crippen LogP contribution < -0.4 is 10.1 Å². The van der Waals surface area contributed by atoms with Crippen LogP contribution in [0.5, 0.6) is 5.75 Å². The summed E-state index contributed by atoms with van der Waals surface area (Å²) in [6.07, 6.45) is 3.06. The molecule has 0 saturated carbocycles. The van der Waals surface area contributed by atoms with E-state index >= 15 is 0 Å². The van der Waals surface area contributed by atoms with E-state index in [9.17, 15) is 4.79 Å². The second-order valence-corrected chi connectivity index (χ2v) is 7.92. The highest BCUT2D eigenvalue weighted by Crippen LogP contribution is 2.30. The summed E-state index contributed by atoms with van der Waals surface area (Å²) in [4.78, 5) is 27.0. The molecule has 0 aliphatic carbocycles. The first-order valence-corrected chi connectivity index (χ1v) is 10.3. The molecule has 0 bridgehead atoms. The number of anilines is 1. The number of likely N-dealkylation sites (tertiary alicyclic amines) is 1. The lowest BCUT2D eigenvalue weighted by Gasteiger charge is -2.32. The topological polar surface area (TPSA) is 70.6 Å². The van der Waals surface area contributed by atoms with Gasteiger partial charge in [-0.2, -0.15) is 0 Å². The fourth-order valence-electron chi connectivity index (χ4n) is 4.31. The Kier molecular flexibility index (Phi) is 5.67. The minimum absolute atomic E-state index is 0.00887. The molecule has 1 unspecified atom stereocenters. The minimum atomic E-state index is 0.00887. The van der Waals surface area contributed by atoms with Crippen molar-refractivity contribution in [3.63, 3.8) is 0 Å². The summed E-state index contributed by atoms with van der Waals surface area (Å²) < 4.78 is 5.26. The molecule has 29 heavy (non-hydrogen) atoms. The number of carbonyl (C=O) groups is 1. The van der Waals surface area contributed by atoms with Crippen LogP contribution in [0.15, 0.2) is 24.3 Å². The standard InChI is InChI=1S/C22H29N5O2/c1-23-21-18-14-27(22(28)15-6-4-8-17(12-15)29-3)11-9-19(18)24-20(25-21)16-7-5-10-26(2)13-16/h4,6,8,12,16H,5,7,9-11,13-14H2,1-3H3,(H,23,24,25). The van der Waals surface area contributed by atoms with E-state index in [4.69, 9.17) is 14.7 Å². The van der Waals surface area contributed by atoms with Crippen LogP contribution in [-0.4, -0.2) is 66.5 Å². The van der Waals surface area contributed by atoms with Crippen molar-refractivity contribution >= 4 is 11.7 Å².